The quantitative estimate of drug-likeness (QED) is 0.384. The summed E-state index contributed by atoms with van der Waals surface area (Å²) in [5, 5.41) is 16.5. The van der Waals surface area contributed by atoms with E-state index in [2.05, 4.69) is 25.5 Å². The highest BCUT2D eigenvalue weighted by atomic mass is 19.1. The van der Waals surface area contributed by atoms with Crippen molar-refractivity contribution in [3.63, 3.8) is 0 Å². The molecule has 4 aromatic rings. The number of aliphatic hydroxyl groups is 1. The summed E-state index contributed by atoms with van der Waals surface area (Å²) < 4.78 is 21.2. The highest BCUT2D eigenvalue weighted by Crippen LogP contribution is 2.35. The predicted octanol–water partition coefficient (Wildman–Crippen LogP) is 3.50. The number of anilines is 3. The third-order valence-corrected chi connectivity index (χ3v) is 6.95. The normalized spacial score (nSPS) is 17.7. The fraction of sp³-hybridized carbons (Fsp3) is 0.296. The molecule has 1 saturated heterocycles. The van der Waals surface area contributed by atoms with Gasteiger partial charge in [0.2, 0.25) is 0 Å². The highest BCUT2D eigenvalue weighted by Gasteiger charge is 2.33. The Balaban J connectivity index is 1.27. The molecule has 0 aliphatic carbocycles. The third-order valence-electron chi connectivity index (χ3n) is 6.95. The minimum absolute atomic E-state index is 0.165. The molecule has 0 unspecified atom stereocenters. The van der Waals surface area contributed by atoms with Gasteiger partial charge in [0.05, 0.1) is 47.2 Å². The zero-order valence-electron chi connectivity index (χ0n) is 20.5. The molecule has 1 amide bonds. The zero-order valence-corrected chi connectivity index (χ0v) is 20.5. The van der Waals surface area contributed by atoms with Crippen molar-refractivity contribution in [1.82, 2.24) is 19.7 Å². The minimum Gasteiger partial charge on any atom is -0.388 e. The summed E-state index contributed by atoms with van der Waals surface area (Å²) >= 11 is 0. The number of hydrogen-bond acceptors (Lipinski definition) is 7. The van der Waals surface area contributed by atoms with Crippen LogP contribution in [0, 0.1) is 5.82 Å². The van der Waals surface area contributed by atoms with Crippen molar-refractivity contribution < 1.29 is 19.0 Å². The second kappa shape index (κ2) is 8.82. The maximum atomic E-state index is 13.6. The molecule has 9 nitrogen and oxygen atoms in total. The number of nitrogens with zero attached hydrogens (tertiary/aromatic N) is 4. The number of fused-ring (bicyclic) bond motifs is 2. The molecule has 1 aromatic carbocycles. The van der Waals surface area contributed by atoms with Gasteiger partial charge in [0.15, 0.2) is 0 Å². The number of carbonyl (C=O) groups is 1. The first-order valence-electron chi connectivity index (χ1n) is 12.2. The fourth-order valence-corrected chi connectivity index (χ4v) is 4.94. The molecule has 37 heavy (non-hydrogen) atoms. The van der Waals surface area contributed by atoms with E-state index in [1.54, 1.807) is 32.4 Å². The van der Waals surface area contributed by atoms with Gasteiger partial charge in [-0.2, -0.15) is 0 Å². The van der Waals surface area contributed by atoms with Crippen LogP contribution in [-0.2, 0) is 11.3 Å². The lowest BCUT2D eigenvalue weighted by Crippen LogP contribution is -2.52. The van der Waals surface area contributed by atoms with Crippen molar-refractivity contribution in [2.75, 3.05) is 29.9 Å². The molecule has 3 N–H and O–H groups in total. The van der Waals surface area contributed by atoms with E-state index in [0.717, 1.165) is 22.5 Å². The van der Waals surface area contributed by atoms with E-state index < -0.39 is 5.60 Å². The van der Waals surface area contributed by atoms with Crippen LogP contribution in [0.3, 0.4) is 0 Å². The SMILES string of the molecule is CC(C)(O)[C@@H]1CN(c2ccc(Nc3ccc(-c4cnc5cc(F)ccn45)c4c3C(=O)NC4)nc2)CCO1. The number of aromatic nitrogens is 3. The molecule has 0 saturated carbocycles. The van der Waals surface area contributed by atoms with Gasteiger partial charge < -0.3 is 25.4 Å². The standard InChI is InChI=1S/C27H27FN6O3/c1-27(2,36)22-15-33(9-10-37-22)17-3-6-23(29-12-17)32-20-5-4-18(19-13-31-26(35)25(19)20)21-14-30-24-11-16(28)7-8-34(21)24/h3-8,11-12,14,22,36H,9-10,13,15H2,1-2H3,(H,29,32)(H,31,35)/t22-/m0/s1. The summed E-state index contributed by atoms with van der Waals surface area (Å²) in [5.41, 5.74) is 4.21. The van der Waals surface area contributed by atoms with Crippen molar-refractivity contribution in [3.8, 4) is 11.3 Å². The summed E-state index contributed by atoms with van der Waals surface area (Å²) in [6.07, 6.45) is 4.82. The Kier molecular flexibility index (Phi) is 5.58. The van der Waals surface area contributed by atoms with E-state index in [-0.39, 0.29) is 17.8 Å². The second-order valence-corrected chi connectivity index (χ2v) is 9.90. The van der Waals surface area contributed by atoms with Crippen LogP contribution in [0.15, 0.2) is 55.0 Å². The summed E-state index contributed by atoms with van der Waals surface area (Å²) in [6, 6.07) is 10.4. The van der Waals surface area contributed by atoms with Crippen LogP contribution < -0.4 is 15.5 Å². The van der Waals surface area contributed by atoms with E-state index >= 15 is 0 Å². The first kappa shape index (κ1) is 23.4. The lowest BCUT2D eigenvalue weighted by Gasteiger charge is -2.39. The second-order valence-electron chi connectivity index (χ2n) is 9.90. The van der Waals surface area contributed by atoms with Gasteiger partial charge >= 0.3 is 0 Å². The molecule has 2 aliphatic heterocycles. The van der Waals surface area contributed by atoms with Gasteiger partial charge in [-0.15, -0.1) is 0 Å². The molecule has 2 aliphatic rings. The number of nitrogens with one attached hydrogen (secondary N) is 2. The van der Waals surface area contributed by atoms with Crippen LogP contribution in [0.4, 0.5) is 21.6 Å². The average Bonchev–Trinajstić information content (AvgIpc) is 3.48. The molecular weight excluding hydrogens is 475 g/mol. The van der Waals surface area contributed by atoms with Gasteiger partial charge in [-0.1, -0.05) is 6.07 Å². The lowest BCUT2D eigenvalue weighted by molar-refractivity contribution is -0.0928. The molecule has 3 aromatic heterocycles. The van der Waals surface area contributed by atoms with E-state index in [9.17, 15) is 14.3 Å². The monoisotopic (exact) mass is 502 g/mol. The van der Waals surface area contributed by atoms with Gasteiger partial charge in [0, 0.05) is 37.5 Å². The molecule has 10 heteroatoms. The molecule has 1 fully saturated rings. The number of hydrogen-bond donors (Lipinski definition) is 3. The number of ether oxygens (including phenoxy) is 1. The molecule has 0 spiro atoms. The summed E-state index contributed by atoms with van der Waals surface area (Å²) in [4.78, 5) is 23.8. The number of halogens is 1. The zero-order chi connectivity index (χ0) is 25.7. The van der Waals surface area contributed by atoms with Crippen LogP contribution in [0.5, 0.6) is 0 Å². The van der Waals surface area contributed by atoms with Crippen molar-refractivity contribution in [2.45, 2.75) is 32.1 Å². The van der Waals surface area contributed by atoms with E-state index in [1.807, 2.05) is 28.7 Å². The largest absolute Gasteiger partial charge is 0.388 e. The predicted molar refractivity (Wildman–Crippen MR) is 138 cm³/mol. The Labute approximate surface area is 212 Å². The first-order chi connectivity index (χ1) is 17.8. The maximum Gasteiger partial charge on any atom is 0.254 e. The fourth-order valence-electron chi connectivity index (χ4n) is 4.94. The molecule has 1 atom stereocenters. The number of morpholine rings is 1. The van der Waals surface area contributed by atoms with Crippen LogP contribution in [0.1, 0.15) is 29.8 Å². The van der Waals surface area contributed by atoms with Crippen LogP contribution in [0.25, 0.3) is 16.9 Å². The molecule has 0 bridgehead atoms. The number of imidazole rings is 1. The van der Waals surface area contributed by atoms with Gasteiger partial charge in [0.1, 0.15) is 23.4 Å². The minimum atomic E-state index is -0.930. The Morgan fingerprint density at radius 3 is 2.84 bits per heavy atom. The number of benzene rings is 1. The number of rotatable bonds is 5. The van der Waals surface area contributed by atoms with Crippen molar-refractivity contribution in [1.29, 1.82) is 0 Å². The molecule has 0 radical (unpaired) electrons. The van der Waals surface area contributed by atoms with E-state index in [1.165, 1.54) is 12.1 Å². The first-order valence-corrected chi connectivity index (χ1v) is 12.2. The lowest BCUT2D eigenvalue weighted by atomic mass is 9.99. The summed E-state index contributed by atoms with van der Waals surface area (Å²) in [5.74, 6) is 0.0910. The van der Waals surface area contributed by atoms with Crippen LogP contribution >= 0.6 is 0 Å². The van der Waals surface area contributed by atoms with Gasteiger partial charge in [-0.25, -0.2) is 14.4 Å². The molecule has 5 heterocycles. The van der Waals surface area contributed by atoms with Crippen molar-refractivity contribution in [3.05, 3.63) is 71.9 Å². The Morgan fingerprint density at radius 1 is 1.19 bits per heavy atom. The number of amides is 1. The van der Waals surface area contributed by atoms with E-state index in [0.29, 0.717) is 49.0 Å². The Morgan fingerprint density at radius 2 is 2.05 bits per heavy atom. The Hall–Kier alpha value is -4.02. The Bertz CT molecular complexity index is 1490. The van der Waals surface area contributed by atoms with Gasteiger partial charge in [-0.05, 0) is 43.7 Å². The van der Waals surface area contributed by atoms with Crippen molar-refractivity contribution in [2.24, 2.45) is 0 Å². The van der Waals surface area contributed by atoms with Gasteiger partial charge in [-0.3, -0.25) is 9.20 Å². The summed E-state index contributed by atoms with van der Waals surface area (Å²) in [7, 11) is 0. The molecule has 6 rings (SSSR count). The molecular formula is C27H27FN6O3. The molecule has 190 valence electrons. The topological polar surface area (TPSA) is 104 Å². The number of carbonyl (C=O) groups excluding carboxylic acids is 1. The van der Waals surface area contributed by atoms with Crippen LogP contribution in [-0.4, -0.2) is 56.8 Å². The van der Waals surface area contributed by atoms with Crippen LogP contribution in [0.2, 0.25) is 0 Å². The summed E-state index contributed by atoms with van der Waals surface area (Å²) in [6.45, 7) is 5.71. The average molecular weight is 503 g/mol. The smallest absolute Gasteiger partial charge is 0.254 e. The van der Waals surface area contributed by atoms with Crippen molar-refractivity contribution >= 4 is 28.7 Å². The third kappa shape index (κ3) is 4.28. The highest BCUT2D eigenvalue weighted by molar-refractivity contribution is 6.06. The maximum absolute atomic E-state index is 13.6. The van der Waals surface area contributed by atoms with Gasteiger partial charge in [0.25, 0.3) is 5.91 Å². The van der Waals surface area contributed by atoms with E-state index in [4.69, 9.17) is 4.74 Å². The number of pyridine rings is 2.